The Balaban J connectivity index is 1.57. The lowest BCUT2D eigenvalue weighted by Gasteiger charge is -2.35. The summed E-state index contributed by atoms with van der Waals surface area (Å²) in [4.78, 5) is 14.5. The molecule has 2 aliphatic rings. The van der Waals surface area contributed by atoms with Crippen LogP contribution in [0.2, 0.25) is 0 Å². The minimum absolute atomic E-state index is 0.0193. The van der Waals surface area contributed by atoms with Gasteiger partial charge in [0.25, 0.3) is 0 Å². The number of nitrogens with zero attached hydrogens (tertiary/aromatic N) is 1. The highest BCUT2D eigenvalue weighted by atomic mass is 19.4. The molecule has 1 saturated carbocycles. The van der Waals surface area contributed by atoms with Gasteiger partial charge in [-0.3, -0.25) is 4.79 Å². The van der Waals surface area contributed by atoms with Crippen LogP contribution in [-0.2, 0) is 26.6 Å². The van der Waals surface area contributed by atoms with Gasteiger partial charge >= 0.3 is 18.3 Å². The van der Waals surface area contributed by atoms with Gasteiger partial charge in [-0.1, -0.05) is 12.1 Å². The molecule has 1 aliphatic heterocycles. The first-order valence-corrected chi connectivity index (χ1v) is 13.9. The highest BCUT2D eigenvalue weighted by Gasteiger charge is 2.42. The van der Waals surface area contributed by atoms with E-state index >= 15 is 0 Å². The number of likely N-dealkylation sites (tertiary alicyclic amines) is 1. The number of halogens is 7. The van der Waals surface area contributed by atoms with Gasteiger partial charge in [0.2, 0.25) is 0 Å². The van der Waals surface area contributed by atoms with Gasteiger partial charge in [0.15, 0.2) is 0 Å². The molecular formula is C30H34F7NO3. The molecule has 0 amide bonds. The van der Waals surface area contributed by atoms with Crippen molar-refractivity contribution in [2.75, 3.05) is 26.2 Å². The summed E-state index contributed by atoms with van der Waals surface area (Å²) in [6.45, 7) is 5.45. The fourth-order valence-electron chi connectivity index (χ4n) is 6.13. The van der Waals surface area contributed by atoms with E-state index in [1.165, 1.54) is 19.1 Å². The maximum atomic E-state index is 13.8. The molecule has 0 aromatic heterocycles. The molecule has 226 valence electrons. The van der Waals surface area contributed by atoms with Crippen LogP contribution in [-0.4, -0.2) is 43.2 Å². The molecule has 1 aliphatic carbocycles. The number of carbonyl (C=O) groups excluding carboxylic acids is 1. The lowest BCUT2D eigenvalue weighted by atomic mass is 9.86. The Kier molecular flexibility index (Phi) is 9.68. The van der Waals surface area contributed by atoms with Gasteiger partial charge in [-0.05, 0) is 93.5 Å². The Hall–Kier alpha value is -2.66. The van der Waals surface area contributed by atoms with Crippen molar-refractivity contribution in [2.45, 2.75) is 70.0 Å². The molecule has 41 heavy (non-hydrogen) atoms. The summed E-state index contributed by atoms with van der Waals surface area (Å²) in [5, 5.41) is 0. The monoisotopic (exact) mass is 589 g/mol. The largest absolute Gasteiger partial charge is 0.466 e. The number of ether oxygens (including phenoxy) is 2. The Labute approximate surface area is 234 Å². The SMILES string of the molecule is CCOC(=O)[C@@H]1CCCN(CC2CCC(O[C@H](C)c3cc(C(F)(F)F)cc(C(F)(F)F)c3)C2c2ccc(F)cc2)C1. The molecule has 0 radical (unpaired) electrons. The fourth-order valence-corrected chi connectivity index (χ4v) is 6.13. The van der Waals surface area contributed by atoms with Crippen LogP contribution in [0.1, 0.15) is 73.8 Å². The first kappa shape index (κ1) is 31.3. The molecule has 1 saturated heterocycles. The van der Waals surface area contributed by atoms with Crippen molar-refractivity contribution in [3.05, 3.63) is 70.5 Å². The van der Waals surface area contributed by atoms with Crippen LogP contribution in [0.5, 0.6) is 0 Å². The van der Waals surface area contributed by atoms with Crippen molar-refractivity contribution in [1.82, 2.24) is 4.90 Å². The summed E-state index contributed by atoms with van der Waals surface area (Å²) in [7, 11) is 0. The summed E-state index contributed by atoms with van der Waals surface area (Å²) in [6, 6.07) is 7.43. The zero-order chi connectivity index (χ0) is 29.9. The summed E-state index contributed by atoms with van der Waals surface area (Å²) in [6.07, 6.45) is -8.72. The van der Waals surface area contributed by atoms with Gasteiger partial charge in [0, 0.05) is 19.0 Å². The molecule has 4 rings (SSSR count). The zero-order valence-corrected chi connectivity index (χ0v) is 22.9. The number of esters is 1. The fraction of sp³-hybridized carbons (Fsp3) is 0.567. The molecule has 0 N–H and O–H groups in total. The molecular weight excluding hydrogens is 555 g/mol. The molecule has 2 aromatic carbocycles. The van der Waals surface area contributed by atoms with Crippen LogP contribution in [0.25, 0.3) is 0 Å². The predicted octanol–water partition coefficient (Wildman–Crippen LogP) is 7.78. The lowest BCUT2D eigenvalue weighted by molar-refractivity contribution is -0.150. The summed E-state index contributed by atoms with van der Waals surface area (Å²) >= 11 is 0. The Morgan fingerprint density at radius 3 is 2.20 bits per heavy atom. The average Bonchev–Trinajstić information content (AvgIpc) is 3.29. The molecule has 2 fully saturated rings. The smallest absolute Gasteiger partial charge is 0.416 e. The number of carbonyl (C=O) groups is 1. The van der Waals surface area contributed by atoms with E-state index in [1.807, 2.05) is 0 Å². The van der Waals surface area contributed by atoms with Gasteiger partial charge in [-0.2, -0.15) is 26.3 Å². The second-order valence-corrected chi connectivity index (χ2v) is 10.9. The van der Waals surface area contributed by atoms with E-state index in [-0.39, 0.29) is 35.4 Å². The number of rotatable bonds is 8. The minimum atomic E-state index is -4.96. The van der Waals surface area contributed by atoms with E-state index < -0.39 is 41.5 Å². The van der Waals surface area contributed by atoms with Crippen molar-refractivity contribution >= 4 is 5.97 Å². The van der Waals surface area contributed by atoms with Crippen molar-refractivity contribution in [1.29, 1.82) is 0 Å². The van der Waals surface area contributed by atoms with Crippen molar-refractivity contribution in [2.24, 2.45) is 11.8 Å². The number of hydrogen-bond acceptors (Lipinski definition) is 4. The third-order valence-electron chi connectivity index (χ3n) is 8.06. The van der Waals surface area contributed by atoms with Gasteiger partial charge in [-0.15, -0.1) is 0 Å². The van der Waals surface area contributed by atoms with Crippen molar-refractivity contribution < 1.29 is 45.0 Å². The normalized spacial score (nSPS) is 24.8. The van der Waals surface area contributed by atoms with Crippen LogP contribution < -0.4 is 0 Å². The maximum Gasteiger partial charge on any atom is 0.416 e. The van der Waals surface area contributed by atoms with Gasteiger partial charge < -0.3 is 14.4 Å². The van der Waals surface area contributed by atoms with Crippen LogP contribution in [0.4, 0.5) is 30.7 Å². The molecule has 2 aromatic rings. The van der Waals surface area contributed by atoms with Crippen LogP contribution >= 0.6 is 0 Å². The Morgan fingerprint density at radius 1 is 0.976 bits per heavy atom. The van der Waals surface area contributed by atoms with Gasteiger partial charge in [-0.25, -0.2) is 4.39 Å². The van der Waals surface area contributed by atoms with Crippen molar-refractivity contribution in [3.8, 4) is 0 Å². The summed E-state index contributed by atoms with van der Waals surface area (Å²) in [5.74, 6) is -1.14. The third-order valence-corrected chi connectivity index (χ3v) is 8.06. The number of hydrogen-bond donors (Lipinski definition) is 0. The van der Waals surface area contributed by atoms with Crippen molar-refractivity contribution in [3.63, 3.8) is 0 Å². The highest BCUT2D eigenvalue weighted by Crippen LogP contribution is 2.45. The molecule has 3 unspecified atom stereocenters. The zero-order valence-electron chi connectivity index (χ0n) is 22.9. The summed E-state index contributed by atoms with van der Waals surface area (Å²) in [5.41, 5.74) is -2.22. The van der Waals surface area contributed by atoms with E-state index in [4.69, 9.17) is 9.47 Å². The lowest BCUT2D eigenvalue weighted by Crippen LogP contribution is -2.42. The molecule has 1 heterocycles. The van der Waals surface area contributed by atoms with Crippen LogP contribution in [0, 0.1) is 17.7 Å². The Morgan fingerprint density at radius 2 is 1.61 bits per heavy atom. The summed E-state index contributed by atoms with van der Waals surface area (Å²) < 4.78 is 106. The van der Waals surface area contributed by atoms with Crippen LogP contribution in [0.15, 0.2) is 42.5 Å². The topological polar surface area (TPSA) is 38.8 Å². The van der Waals surface area contributed by atoms with E-state index in [2.05, 4.69) is 4.90 Å². The predicted molar refractivity (Wildman–Crippen MR) is 137 cm³/mol. The molecule has 0 spiro atoms. The number of piperidine rings is 1. The molecule has 4 nitrogen and oxygen atoms in total. The third kappa shape index (κ3) is 7.80. The highest BCUT2D eigenvalue weighted by molar-refractivity contribution is 5.72. The second-order valence-electron chi connectivity index (χ2n) is 10.9. The minimum Gasteiger partial charge on any atom is -0.466 e. The second kappa shape index (κ2) is 12.7. The molecule has 11 heteroatoms. The average molecular weight is 590 g/mol. The first-order valence-electron chi connectivity index (χ1n) is 13.9. The van der Waals surface area contributed by atoms with E-state index in [9.17, 15) is 35.5 Å². The quantitative estimate of drug-likeness (QED) is 0.233. The Bertz CT molecular complexity index is 1150. The van der Waals surface area contributed by atoms with E-state index in [1.54, 1.807) is 19.1 Å². The molecule has 5 atom stereocenters. The van der Waals surface area contributed by atoms with Crippen LogP contribution in [0.3, 0.4) is 0 Å². The first-order chi connectivity index (χ1) is 19.3. The number of alkyl halides is 6. The standard InChI is InChI=1S/C30H34F7NO3/c1-3-40-28(39)21-5-4-12-38(17-21)16-20-8-11-26(27(20)19-6-9-25(31)10-7-19)41-18(2)22-13-23(29(32,33)34)15-24(14-22)30(35,36)37/h6-7,9-10,13-15,18,20-21,26-27H,3-5,8,11-12,16-17H2,1-2H3/t18-,20?,21-,26?,27?/m1/s1. The van der Waals surface area contributed by atoms with Gasteiger partial charge in [0.1, 0.15) is 5.82 Å². The molecule has 0 bridgehead atoms. The van der Waals surface area contributed by atoms with E-state index in [0.717, 1.165) is 24.9 Å². The van der Waals surface area contributed by atoms with E-state index in [0.29, 0.717) is 44.7 Å². The maximum absolute atomic E-state index is 13.8. The van der Waals surface area contributed by atoms with Gasteiger partial charge in [0.05, 0.1) is 35.9 Å². The number of benzene rings is 2.